The van der Waals surface area contributed by atoms with Gasteiger partial charge in [0.25, 0.3) is 0 Å². The Labute approximate surface area is 118 Å². The van der Waals surface area contributed by atoms with Crippen molar-refractivity contribution in [3.05, 3.63) is 59.4 Å². The van der Waals surface area contributed by atoms with Crippen LogP contribution in [0.15, 0.2) is 42.5 Å². The summed E-state index contributed by atoms with van der Waals surface area (Å²) in [5.74, 6) is -0.123. The molecule has 0 saturated carbocycles. The van der Waals surface area contributed by atoms with Crippen LogP contribution in [0, 0.1) is 5.82 Å². The quantitative estimate of drug-likeness (QED) is 0.788. The average Bonchev–Trinajstić information content (AvgIpc) is 2.46. The second kappa shape index (κ2) is 4.95. The number of alkyl halides is 3. The third kappa shape index (κ3) is 2.66. The highest BCUT2D eigenvalue weighted by Gasteiger charge is 2.32. The van der Waals surface area contributed by atoms with Gasteiger partial charge < -0.3 is 10.1 Å². The molecule has 2 nitrogen and oxygen atoms in total. The van der Waals surface area contributed by atoms with Gasteiger partial charge in [-0.05, 0) is 24.3 Å². The first-order valence-electron chi connectivity index (χ1n) is 6.31. The first kappa shape index (κ1) is 13.7. The van der Waals surface area contributed by atoms with E-state index in [1.165, 1.54) is 12.1 Å². The first-order chi connectivity index (χ1) is 9.95. The Kier molecular flexibility index (Phi) is 3.23. The molecule has 0 saturated heterocycles. The third-order valence-electron chi connectivity index (χ3n) is 3.31. The van der Waals surface area contributed by atoms with Crippen LogP contribution in [-0.4, -0.2) is 6.54 Å². The molecule has 0 aliphatic carbocycles. The molecular weight excluding hydrogens is 286 g/mol. The molecule has 0 aromatic heterocycles. The lowest BCUT2D eigenvalue weighted by molar-refractivity contribution is -0.137. The van der Waals surface area contributed by atoms with E-state index in [9.17, 15) is 17.6 Å². The zero-order valence-electron chi connectivity index (χ0n) is 10.7. The van der Waals surface area contributed by atoms with Crippen LogP contribution in [0.4, 0.5) is 23.2 Å². The molecule has 21 heavy (non-hydrogen) atoms. The first-order valence-corrected chi connectivity index (χ1v) is 6.31. The summed E-state index contributed by atoms with van der Waals surface area (Å²) in [4.78, 5) is 0. The summed E-state index contributed by atoms with van der Waals surface area (Å²) in [6, 6.07) is 9.36. The molecule has 0 radical (unpaired) electrons. The highest BCUT2D eigenvalue weighted by molar-refractivity contribution is 5.60. The fourth-order valence-electron chi connectivity index (χ4n) is 2.25. The molecule has 0 bridgehead atoms. The number of rotatable bonds is 1. The van der Waals surface area contributed by atoms with Crippen molar-refractivity contribution in [3.8, 4) is 5.75 Å². The Morgan fingerprint density at radius 3 is 2.57 bits per heavy atom. The Morgan fingerprint density at radius 1 is 1.10 bits per heavy atom. The molecule has 0 amide bonds. The van der Waals surface area contributed by atoms with Gasteiger partial charge in [-0.15, -0.1) is 0 Å². The second-order valence-corrected chi connectivity index (χ2v) is 4.72. The lowest BCUT2D eigenvalue weighted by atomic mass is 10.1. The predicted molar refractivity (Wildman–Crippen MR) is 69.7 cm³/mol. The molecule has 2 aromatic rings. The molecule has 1 aliphatic heterocycles. The van der Waals surface area contributed by atoms with Crippen LogP contribution in [0.2, 0.25) is 0 Å². The number of anilines is 1. The van der Waals surface area contributed by atoms with Gasteiger partial charge in [0.1, 0.15) is 17.7 Å². The van der Waals surface area contributed by atoms with E-state index in [1.54, 1.807) is 18.2 Å². The van der Waals surface area contributed by atoms with Crippen molar-refractivity contribution in [2.24, 2.45) is 0 Å². The fourth-order valence-corrected chi connectivity index (χ4v) is 2.25. The predicted octanol–water partition coefficient (Wildman–Crippen LogP) is 4.39. The molecule has 0 spiro atoms. The van der Waals surface area contributed by atoms with Crippen molar-refractivity contribution in [1.82, 2.24) is 0 Å². The number of hydrogen-bond acceptors (Lipinski definition) is 2. The monoisotopic (exact) mass is 297 g/mol. The van der Waals surface area contributed by atoms with Crippen LogP contribution in [0.25, 0.3) is 0 Å². The molecule has 3 rings (SSSR count). The molecule has 0 fully saturated rings. The van der Waals surface area contributed by atoms with Crippen LogP contribution >= 0.6 is 0 Å². The molecule has 2 aromatic carbocycles. The summed E-state index contributed by atoms with van der Waals surface area (Å²) >= 11 is 0. The van der Waals surface area contributed by atoms with Gasteiger partial charge in [0.15, 0.2) is 0 Å². The van der Waals surface area contributed by atoms with Crippen LogP contribution in [0.3, 0.4) is 0 Å². The third-order valence-corrected chi connectivity index (χ3v) is 3.31. The average molecular weight is 297 g/mol. The minimum absolute atomic E-state index is 0.204. The van der Waals surface area contributed by atoms with E-state index in [-0.39, 0.29) is 18.0 Å². The number of fused-ring (bicyclic) bond motifs is 1. The number of nitrogens with one attached hydrogen (secondary N) is 1. The molecule has 1 atom stereocenters. The number of benzene rings is 2. The van der Waals surface area contributed by atoms with E-state index in [1.807, 2.05) is 0 Å². The van der Waals surface area contributed by atoms with E-state index < -0.39 is 23.7 Å². The largest absolute Gasteiger partial charge is 0.482 e. The van der Waals surface area contributed by atoms with E-state index in [0.29, 0.717) is 5.56 Å². The van der Waals surface area contributed by atoms with Crippen LogP contribution in [-0.2, 0) is 6.18 Å². The molecule has 1 heterocycles. The van der Waals surface area contributed by atoms with Crippen molar-refractivity contribution in [2.45, 2.75) is 12.3 Å². The van der Waals surface area contributed by atoms with E-state index >= 15 is 0 Å². The maximum Gasteiger partial charge on any atom is 0.416 e. The highest BCUT2D eigenvalue weighted by atomic mass is 19.4. The van der Waals surface area contributed by atoms with E-state index in [4.69, 9.17) is 4.74 Å². The van der Waals surface area contributed by atoms with Gasteiger partial charge in [0.2, 0.25) is 0 Å². The van der Waals surface area contributed by atoms with Crippen molar-refractivity contribution < 1.29 is 22.3 Å². The number of ether oxygens (including phenoxy) is 1. The summed E-state index contributed by atoms with van der Waals surface area (Å²) in [5.41, 5.74) is -0.116. The Bertz CT molecular complexity index is 669. The lowest BCUT2D eigenvalue weighted by Gasteiger charge is -2.28. The highest BCUT2D eigenvalue weighted by Crippen LogP contribution is 2.39. The fraction of sp³-hybridized carbons (Fsp3) is 0.200. The van der Waals surface area contributed by atoms with Gasteiger partial charge >= 0.3 is 6.18 Å². The van der Waals surface area contributed by atoms with Crippen LogP contribution in [0.1, 0.15) is 17.2 Å². The van der Waals surface area contributed by atoms with Crippen molar-refractivity contribution in [3.63, 3.8) is 0 Å². The smallest absolute Gasteiger partial charge is 0.416 e. The maximum absolute atomic E-state index is 13.7. The zero-order chi connectivity index (χ0) is 15.0. The van der Waals surface area contributed by atoms with Crippen molar-refractivity contribution in [1.29, 1.82) is 0 Å². The van der Waals surface area contributed by atoms with Gasteiger partial charge in [-0.3, -0.25) is 0 Å². The molecular formula is C15H11F4NO. The Balaban J connectivity index is 1.89. The summed E-state index contributed by atoms with van der Waals surface area (Å²) in [5, 5.41) is 2.86. The van der Waals surface area contributed by atoms with Gasteiger partial charge in [-0.2, -0.15) is 13.2 Å². The Morgan fingerprint density at radius 2 is 1.86 bits per heavy atom. The van der Waals surface area contributed by atoms with Gasteiger partial charge in [-0.25, -0.2) is 4.39 Å². The molecule has 6 heteroatoms. The number of halogens is 4. The van der Waals surface area contributed by atoms with Gasteiger partial charge in [0, 0.05) is 5.56 Å². The normalized spacial score (nSPS) is 17.6. The summed E-state index contributed by atoms with van der Waals surface area (Å²) in [6.45, 7) is 0.204. The molecule has 1 aliphatic rings. The topological polar surface area (TPSA) is 21.3 Å². The standard InChI is InChI=1S/C15H11F4NO/c16-11-4-2-1-3-10(11)14-8-20-12-7-9(15(17,18)19)5-6-13(12)21-14/h1-7,14,20H,8H2. The Hall–Kier alpha value is -2.24. The molecule has 110 valence electrons. The van der Waals surface area contributed by atoms with E-state index in [2.05, 4.69) is 5.32 Å². The summed E-state index contributed by atoms with van der Waals surface area (Å²) < 4.78 is 57.2. The lowest BCUT2D eigenvalue weighted by Crippen LogP contribution is -2.24. The van der Waals surface area contributed by atoms with E-state index in [0.717, 1.165) is 12.1 Å². The maximum atomic E-state index is 13.7. The SMILES string of the molecule is Fc1ccccc1C1CNc2cc(C(F)(F)F)ccc2O1. The minimum Gasteiger partial charge on any atom is -0.482 e. The number of hydrogen-bond donors (Lipinski definition) is 1. The summed E-state index contributed by atoms with van der Waals surface area (Å²) in [6.07, 6.45) is -4.98. The van der Waals surface area contributed by atoms with Crippen molar-refractivity contribution in [2.75, 3.05) is 11.9 Å². The van der Waals surface area contributed by atoms with Crippen molar-refractivity contribution >= 4 is 5.69 Å². The van der Waals surface area contributed by atoms with Crippen LogP contribution in [0.5, 0.6) is 5.75 Å². The summed E-state index contributed by atoms with van der Waals surface area (Å²) in [7, 11) is 0. The molecule has 1 N–H and O–H groups in total. The molecule has 1 unspecified atom stereocenters. The van der Waals surface area contributed by atoms with Gasteiger partial charge in [-0.1, -0.05) is 18.2 Å². The zero-order valence-corrected chi connectivity index (χ0v) is 10.7. The van der Waals surface area contributed by atoms with Gasteiger partial charge in [0.05, 0.1) is 17.8 Å². The minimum atomic E-state index is -4.40. The van der Waals surface area contributed by atoms with Crippen LogP contribution < -0.4 is 10.1 Å². The second-order valence-electron chi connectivity index (χ2n) is 4.72.